The number of rotatable bonds is 5. The van der Waals surface area contributed by atoms with E-state index in [0.29, 0.717) is 17.9 Å². The summed E-state index contributed by atoms with van der Waals surface area (Å²) >= 11 is 0. The van der Waals surface area contributed by atoms with Crippen LogP contribution in [0.25, 0.3) is 0 Å². The van der Waals surface area contributed by atoms with E-state index in [0.717, 1.165) is 6.42 Å². The van der Waals surface area contributed by atoms with E-state index in [-0.39, 0.29) is 18.9 Å². The molecule has 21 heavy (non-hydrogen) atoms. The van der Waals surface area contributed by atoms with Crippen LogP contribution in [-0.2, 0) is 4.79 Å². The minimum atomic E-state index is -2.34. The number of likely N-dealkylation sites (tertiary alicyclic amines) is 1. The molecule has 0 spiro atoms. The Morgan fingerprint density at radius 1 is 1.48 bits per heavy atom. The van der Waals surface area contributed by atoms with Crippen molar-refractivity contribution in [2.45, 2.75) is 25.4 Å². The average molecular weight is 295 g/mol. The number of nitrogens with zero attached hydrogens (tertiary/aromatic N) is 1. The van der Waals surface area contributed by atoms with E-state index < -0.39 is 18.2 Å². The molecule has 1 aliphatic rings. The Balaban J connectivity index is 2.09. The zero-order valence-electron chi connectivity index (χ0n) is 11.8. The van der Waals surface area contributed by atoms with Crippen LogP contribution in [0.15, 0.2) is 24.3 Å². The molecule has 1 fully saturated rings. The van der Waals surface area contributed by atoms with Gasteiger partial charge in [0.15, 0.2) is 0 Å². The molecule has 114 valence electrons. The summed E-state index contributed by atoms with van der Waals surface area (Å²) in [4.78, 5) is 24.4. The smallest absolute Gasteiger partial charge is 0.343 e. The maximum atomic E-state index is 14.0. The van der Waals surface area contributed by atoms with E-state index in [1.165, 1.54) is 4.90 Å². The van der Waals surface area contributed by atoms with Crippen LogP contribution >= 0.6 is 0 Å². The molecule has 0 bridgehead atoms. The SMILES string of the molecule is CCCOc1cccc(C(=O)N2CCC(F)(C(=O)O)C2)c1. The molecular weight excluding hydrogens is 277 g/mol. The third kappa shape index (κ3) is 3.32. The van der Waals surface area contributed by atoms with Crippen LogP contribution < -0.4 is 4.74 Å². The van der Waals surface area contributed by atoms with Crippen molar-refractivity contribution in [2.75, 3.05) is 19.7 Å². The van der Waals surface area contributed by atoms with E-state index in [2.05, 4.69) is 0 Å². The van der Waals surface area contributed by atoms with Gasteiger partial charge >= 0.3 is 5.97 Å². The molecule has 1 N–H and O–H groups in total. The molecule has 0 aromatic heterocycles. The van der Waals surface area contributed by atoms with Gasteiger partial charge in [-0.1, -0.05) is 13.0 Å². The van der Waals surface area contributed by atoms with E-state index in [1.807, 2.05) is 6.92 Å². The van der Waals surface area contributed by atoms with Crippen LogP contribution in [0.5, 0.6) is 5.75 Å². The quantitative estimate of drug-likeness (QED) is 0.903. The first-order valence-corrected chi connectivity index (χ1v) is 6.91. The van der Waals surface area contributed by atoms with Gasteiger partial charge in [-0.15, -0.1) is 0 Å². The lowest BCUT2D eigenvalue weighted by Gasteiger charge is -2.18. The predicted octanol–water partition coefficient (Wildman–Crippen LogP) is 2.11. The number of carboxylic acid groups (broad SMARTS) is 1. The van der Waals surface area contributed by atoms with Crippen molar-refractivity contribution < 1.29 is 23.8 Å². The number of ether oxygens (including phenoxy) is 1. The Morgan fingerprint density at radius 3 is 2.86 bits per heavy atom. The lowest BCUT2D eigenvalue weighted by molar-refractivity contribution is -0.149. The van der Waals surface area contributed by atoms with Crippen molar-refractivity contribution in [1.29, 1.82) is 0 Å². The molecule has 2 rings (SSSR count). The number of aliphatic carboxylic acids is 1. The van der Waals surface area contributed by atoms with Gasteiger partial charge in [-0.25, -0.2) is 9.18 Å². The molecule has 5 nitrogen and oxygen atoms in total. The number of hydrogen-bond donors (Lipinski definition) is 1. The van der Waals surface area contributed by atoms with Crippen LogP contribution in [-0.4, -0.2) is 47.2 Å². The van der Waals surface area contributed by atoms with Gasteiger partial charge in [0, 0.05) is 18.5 Å². The highest BCUT2D eigenvalue weighted by molar-refractivity contribution is 5.95. The summed E-state index contributed by atoms with van der Waals surface area (Å²) < 4.78 is 19.4. The second kappa shape index (κ2) is 6.11. The monoisotopic (exact) mass is 295 g/mol. The summed E-state index contributed by atoms with van der Waals surface area (Å²) in [7, 11) is 0. The standard InChI is InChI=1S/C15H18FNO4/c1-2-8-21-12-5-3-4-11(9-12)13(18)17-7-6-15(16,10-17)14(19)20/h3-5,9H,2,6-8,10H2,1H3,(H,19,20). The average Bonchev–Trinajstić information content (AvgIpc) is 2.88. The second-order valence-electron chi connectivity index (χ2n) is 5.12. The highest BCUT2D eigenvalue weighted by Gasteiger charge is 2.46. The molecule has 1 aromatic carbocycles. The fraction of sp³-hybridized carbons (Fsp3) is 0.467. The Labute approximate surface area is 122 Å². The summed E-state index contributed by atoms with van der Waals surface area (Å²) in [6.45, 7) is 2.21. The number of carboxylic acids is 1. The highest BCUT2D eigenvalue weighted by Crippen LogP contribution is 2.27. The minimum Gasteiger partial charge on any atom is -0.494 e. The van der Waals surface area contributed by atoms with Crippen molar-refractivity contribution in [1.82, 2.24) is 4.90 Å². The van der Waals surface area contributed by atoms with Gasteiger partial charge in [0.2, 0.25) is 5.67 Å². The van der Waals surface area contributed by atoms with Gasteiger partial charge in [-0.3, -0.25) is 4.79 Å². The summed E-state index contributed by atoms with van der Waals surface area (Å²) in [6, 6.07) is 6.64. The normalized spacial score (nSPS) is 21.3. The maximum Gasteiger partial charge on any atom is 0.343 e. The second-order valence-corrected chi connectivity index (χ2v) is 5.12. The van der Waals surface area contributed by atoms with Crippen LogP contribution in [0.2, 0.25) is 0 Å². The molecule has 1 saturated heterocycles. The fourth-order valence-electron chi connectivity index (χ4n) is 2.24. The minimum absolute atomic E-state index is 0.0989. The van der Waals surface area contributed by atoms with Crippen LogP contribution in [0.3, 0.4) is 0 Å². The van der Waals surface area contributed by atoms with Crippen LogP contribution in [0.4, 0.5) is 4.39 Å². The van der Waals surface area contributed by atoms with Crippen molar-refractivity contribution >= 4 is 11.9 Å². The van der Waals surface area contributed by atoms with Crippen molar-refractivity contribution in [3.05, 3.63) is 29.8 Å². The number of carbonyl (C=O) groups is 2. The Hall–Kier alpha value is -2.11. The highest BCUT2D eigenvalue weighted by atomic mass is 19.1. The first-order chi connectivity index (χ1) is 9.96. The number of hydrogen-bond acceptors (Lipinski definition) is 3. The first kappa shape index (κ1) is 15.3. The molecule has 1 aliphatic heterocycles. The molecular formula is C15H18FNO4. The Morgan fingerprint density at radius 2 is 2.24 bits per heavy atom. The van der Waals surface area contributed by atoms with E-state index >= 15 is 0 Å². The van der Waals surface area contributed by atoms with Crippen LogP contribution in [0.1, 0.15) is 30.1 Å². The molecule has 1 heterocycles. The number of amides is 1. The third-order valence-corrected chi connectivity index (χ3v) is 3.44. The van der Waals surface area contributed by atoms with Crippen molar-refractivity contribution in [3.63, 3.8) is 0 Å². The van der Waals surface area contributed by atoms with Gasteiger partial charge in [0.25, 0.3) is 5.91 Å². The van der Waals surface area contributed by atoms with Gasteiger partial charge in [-0.05, 0) is 24.6 Å². The summed E-state index contributed by atoms with van der Waals surface area (Å²) in [6.07, 6.45) is 0.674. The molecule has 1 aromatic rings. The topological polar surface area (TPSA) is 66.8 Å². The van der Waals surface area contributed by atoms with Gasteiger partial charge in [0.1, 0.15) is 5.75 Å². The molecule has 0 aliphatic carbocycles. The maximum absolute atomic E-state index is 14.0. The molecule has 1 amide bonds. The molecule has 0 saturated carbocycles. The third-order valence-electron chi connectivity index (χ3n) is 3.44. The number of carbonyl (C=O) groups excluding carboxylic acids is 1. The summed E-state index contributed by atoms with van der Waals surface area (Å²) in [5.74, 6) is -1.32. The van der Waals surface area contributed by atoms with Crippen molar-refractivity contribution in [3.8, 4) is 5.75 Å². The molecule has 1 unspecified atom stereocenters. The van der Waals surface area contributed by atoms with Crippen molar-refractivity contribution in [2.24, 2.45) is 0 Å². The zero-order valence-corrected chi connectivity index (χ0v) is 11.8. The summed E-state index contributed by atoms with van der Waals surface area (Å²) in [5.41, 5.74) is -1.97. The predicted molar refractivity (Wildman–Crippen MR) is 74.2 cm³/mol. The van der Waals surface area contributed by atoms with E-state index in [4.69, 9.17) is 9.84 Å². The lowest BCUT2D eigenvalue weighted by Crippen LogP contribution is -2.38. The van der Waals surface area contributed by atoms with Gasteiger partial charge in [-0.2, -0.15) is 0 Å². The Bertz CT molecular complexity index is 548. The zero-order chi connectivity index (χ0) is 15.5. The lowest BCUT2D eigenvalue weighted by atomic mass is 10.1. The largest absolute Gasteiger partial charge is 0.494 e. The molecule has 6 heteroatoms. The molecule has 0 radical (unpaired) electrons. The first-order valence-electron chi connectivity index (χ1n) is 6.91. The fourth-order valence-corrected chi connectivity index (χ4v) is 2.24. The van der Waals surface area contributed by atoms with Gasteiger partial charge < -0.3 is 14.7 Å². The van der Waals surface area contributed by atoms with E-state index in [9.17, 15) is 14.0 Å². The van der Waals surface area contributed by atoms with Gasteiger partial charge in [0.05, 0.1) is 13.2 Å². The number of benzene rings is 1. The summed E-state index contributed by atoms with van der Waals surface area (Å²) in [5, 5.41) is 8.85. The Kier molecular flexibility index (Phi) is 4.45. The van der Waals surface area contributed by atoms with E-state index in [1.54, 1.807) is 24.3 Å². The van der Waals surface area contributed by atoms with Crippen LogP contribution in [0, 0.1) is 0 Å². The number of alkyl halides is 1. The molecule has 1 atom stereocenters. The number of halogens is 1.